The van der Waals surface area contributed by atoms with Crippen LogP contribution in [0.15, 0.2) is 48.5 Å². The molecular weight excluding hydrogens is 348 g/mol. The lowest BCUT2D eigenvalue weighted by Gasteiger charge is -2.14. The van der Waals surface area contributed by atoms with Crippen LogP contribution in [0.1, 0.15) is 5.56 Å². The Balaban J connectivity index is 2.08. The molecule has 0 fully saturated rings. The third-order valence-corrected chi connectivity index (χ3v) is 3.68. The number of benzene rings is 3. The second kappa shape index (κ2) is 5.87. The lowest BCUT2D eigenvalue weighted by Crippen LogP contribution is -2.06. The minimum absolute atomic E-state index is 0.00283. The van der Waals surface area contributed by atoms with Crippen LogP contribution in [-0.2, 0) is 6.18 Å². The minimum atomic E-state index is -4.71. The number of fused-ring (bicyclic) bond motifs is 1. The Bertz CT molecular complexity index is 899. The highest BCUT2D eigenvalue weighted by Crippen LogP contribution is 2.40. The molecule has 2 nitrogen and oxygen atoms in total. The normalized spacial score (nSPS) is 11.7. The van der Waals surface area contributed by atoms with Gasteiger partial charge in [0.1, 0.15) is 11.5 Å². The third kappa shape index (κ3) is 2.97. The molecule has 3 aromatic rings. The van der Waals surface area contributed by atoms with Gasteiger partial charge in [-0.1, -0.05) is 35.9 Å². The highest BCUT2D eigenvalue weighted by atomic mass is 35.5. The summed E-state index contributed by atoms with van der Waals surface area (Å²) in [7, 11) is 0. The van der Waals surface area contributed by atoms with Gasteiger partial charge in [-0.25, -0.2) is 4.39 Å². The number of phenols is 1. The number of hydrogen-bond acceptors (Lipinski definition) is 2. The van der Waals surface area contributed by atoms with Crippen LogP contribution in [0.2, 0.25) is 5.02 Å². The van der Waals surface area contributed by atoms with E-state index in [1.165, 1.54) is 12.1 Å². The molecule has 3 rings (SSSR count). The highest BCUT2D eigenvalue weighted by molar-refractivity contribution is 6.32. The molecular formula is C17H9ClF4O2. The molecule has 0 radical (unpaired) electrons. The Morgan fingerprint density at radius 1 is 0.958 bits per heavy atom. The maximum absolute atomic E-state index is 14.0. The van der Waals surface area contributed by atoms with Gasteiger partial charge in [-0.2, -0.15) is 13.2 Å². The van der Waals surface area contributed by atoms with Crippen LogP contribution in [0.25, 0.3) is 10.8 Å². The van der Waals surface area contributed by atoms with Gasteiger partial charge in [0, 0.05) is 10.8 Å². The number of halogens is 5. The molecule has 24 heavy (non-hydrogen) atoms. The zero-order valence-corrected chi connectivity index (χ0v) is 12.6. The summed E-state index contributed by atoms with van der Waals surface area (Å²) < 4.78 is 57.4. The van der Waals surface area contributed by atoms with E-state index in [2.05, 4.69) is 0 Å². The Kier molecular flexibility index (Phi) is 4.01. The smallest absolute Gasteiger partial charge is 0.416 e. The summed E-state index contributed by atoms with van der Waals surface area (Å²) in [5.41, 5.74) is -1.20. The Morgan fingerprint density at radius 2 is 1.62 bits per heavy atom. The molecule has 1 N–H and O–H groups in total. The first-order chi connectivity index (χ1) is 11.3. The second-order valence-corrected chi connectivity index (χ2v) is 5.40. The van der Waals surface area contributed by atoms with Gasteiger partial charge in [-0.3, -0.25) is 0 Å². The summed E-state index contributed by atoms with van der Waals surface area (Å²) in [6.45, 7) is 0. The molecule has 0 saturated carbocycles. The van der Waals surface area contributed by atoms with Crippen molar-refractivity contribution in [3.05, 3.63) is 64.9 Å². The molecule has 0 atom stereocenters. The molecule has 0 aromatic heterocycles. The molecule has 0 aliphatic carbocycles. The molecule has 0 aliphatic heterocycles. The molecule has 0 heterocycles. The van der Waals surface area contributed by atoms with Crippen LogP contribution in [-0.4, -0.2) is 5.11 Å². The summed E-state index contributed by atoms with van der Waals surface area (Å²) in [5, 5.41) is 10.2. The average molecular weight is 357 g/mol. The van der Waals surface area contributed by atoms with Gasteiger partial charge in [0.05, 0.1) is 10.6 Å². The molecule has 0 spiro atoms. The summed E-state index contributed by atoms with van der Waals surface area (Å²) in [4.78, 5) is 0. The van der Waals surface area contributed by atoms with E-state index < -0.39 is 28.3 Å². The van der Waals surface area contributed by atoms with Crippen molar-refractivity contribution in [2.45, 2.75) is 6.18 Å². The van der Waals surface area contributed by atoms with E-state index in [1.807, 2.05) is 0 Å². The molecule has 124 valence electrons. The molecule has 7 heteroatoms. The summed E-state index contributed by atoms with van der Waals surface area (Å²) in [6, 6.07) is 10.3. The fraction of sp³-hybridized carbons (Fsp3) is 0.0588. The van der Waals surface area contributed by atoms with E-state index >= 15 is 0 Å². The van der Waals surface area contributed by atoms with Crippen molar-refractivity contribution in [1.82, 2.24) is 0 Å². The van der Waals surface area contributed by atoms with Crippen LogP contribution in [0.3, 0.4) is 0 Å². The zero-order chi connectivity index (χ0) is 17.5. The lowest BCUT2D eigenvalue weighted by atomic mass is 10.1. The van der Waals surface area contributed by atoms with Gasteiger partial charge < -0.3 is 9.84 Å². The Hall–Kier alpha value is -2.47. The van der Waals surface area contributed by atoms with Crippen molar-refractivity contribution in [1.29, 1.82) is 0 Å². The first-order valence-electron chi connectivity index (χ1n) is 6.72. The highest BCUT2D eigenvalue weighted by Gasteiger charge is 2.32. The number of aromatic hydroxyl groups is 1. The van der Waals surface area contributed by atoms with Gasteiger partial charge >= 0.3 is 6.18 Å². The maximum Gasteiger partial charge on any atom is 0.416 e. The topological polar surface area (TPSA) is 29.5 Å². The van der Waals surface area contributed by atoms with E-state index in [4.69, 9.17) is 16.3 Å². The second-order valence-electron chi connectivity index (χ2n) is 5.00. The van der Waals surface area contributed by atoms with E-state index in [0.717, 1.165) is 0 Å². The fourth-order valence-electron chi connectivity index (χ4n) is 2.28. The first-order valence-corrected chi connectivity index (χ1v) is 7.10. The van der Waals surface area contributed by atoms with Gasteiger partial charge in [-0.15, -0.1) is 0 Å². The number of phenolic OH excluding ortho intramolecular Hbond substituents is 1. The first kappa shape index (κ1) is 16.4. The van der Waals surface area contributed by atoms with Crippen LogP contribution >= 0.6 is 11.6 Å². The quantitative estimate of drug-likeness (QED) is 0.558. The van der Waals surface area contributed by atoms with Crippen LogP contribution < -0.4 is 4.74 Å². The largest absolute Gasteiger partial charge is 0.507 e. The van der Waals surface area contributed by atoms with Crippen molar-refractivity contribution in [3.63, 3.8) is 0 Å². The van der Waals surface area contributed by atoms with Crippen LogP contribution in [0.5, 0.6) is 17.2 Å². The summed E-state index contributed by atoms with van der Waals surface area (Å²) in [6.07, 6.45) is -4.71. The molecule has 3 aromatic carbocycles. The van der Waals surface area contributed by atoms with Crippen molar-refractivity contribution in [2.75, 3.05) is 0 Å². The van der Waals surface area contributed by atoms with Crippen LogP contribution in [0.4, 0.5) is 17.6 Å². The molecule has 0 bridgehead atoms. The zero-order valence-electron chi connectivity index (χ0n) is 11.9. The molecule has 0 saturated heterocycles. The lowest BCUT2D eigenvalue weighted by molar-refractivity contribution is -0.137. The maximum atomic E-state index is 14.0. The fourth-order valence-corrected chi connectivity index (χ4v) is 2.53. The van der Waals surface area contributed by atoms with Gasteiger partial charge in [-0.05, 0) is 24.3 Å². The van der Waals surface area contributed by atoms with E-state index in [9.17, 15) is 22.7 Å². The number of ether oxygens (including phenoxy) is 1. The molecule has 0 aliphatic rings. The summed E-state index contributed by atoms with van der Waals surface area (Å²) in [5.74, 6) is -1.59. The molecule has 0 amide bonds. The monoisotopic (exact) mass is 356 g/mol. The van der Waals surface area contributed by atoms with E-state index in [0.29, 0.717) is 22.9 Å². The molecule has 0 unspecified atom stereocenters. The third-order valence-electron chi connectivity index (χ3n) is 3.40. The Labute approximate surface area is 138 Å². The SMILES string of the molecule is Oc1cccc2c(Oc3c(F)cc(C(F)(F)F)cc3Cl)cccc12. The van der Waals surface area contributed by atoms with Crippen LogP contribution in [0, 0.1) is 5.82 Å². The van der Waals surface area contributed by atoms with Gasteiger partial charge in [0.25, 0.3) is 0 Å². The summed E-state index contributed by atoms with van der Waals surface area (Å²) >= 11 is 5.76. The number of rotatable bonds is 2. The van der Waals surface area contributed by atoms with E-state index in [1.54, 1.807) is 24.3 Å². The average Bonchev–Trinajstić information content (AvgIpc) is 2.50. The van der Waals surface area contributed by atoms with Crippen molar-refractivity contribution >= 4 is 22.4 Å². The predicted octanol–water partition coefficient (Wildman–Crippen LogP) is 6.15. The predicted molar refractivity (Wildman–Crippen MR) is 82.1 cm³/mol. The van der Waals surface area contributed by atoms with Gasteiger partial charge in [0.2, 0.25) is 0 Å². The van der Waals surface area contributed by atoms with Crippen molar-refractivity contribution < 1.29 is 27.4 Å². The van der Waals surface area contributed by atoms with Crippen molar-refractivity contribution in [3.8, 4) is 17.2 Å². The number of alkyl halides is 3. The van der Waals surface area contributed by atoms with E-state index in [-0.39, 0.29) is 11.5 Å². The standard InChI is InChI=1S/C17H9ClF4O2/c18-12-7-9(17(20,21)22)8-13(19)16(12)24-15-6-2-3-10-11(15)4-1-5-14(10)23/h1-8,23H. The minimum Gasteiger partial charge on any atom is -0.507 e. The van der Waals surface area contributed by atoms with Crippen molar-refractivity contribution in [2.24, 2.45) is 0 Å². The van der Waals surface area contributed by atoms with Gasteiger partial charge in [0.15, 0.2) is 11.6 Å². The Morgan fingerprint density at radius 3 is 2.29 bits per heavy atom. The number of hydrogen-bond donors (Lipinski definition) is 1.